The Morgan fingerprint density at radius 2 is 1.94 bits per heavy atom. The zero-order valence-electron chi connectivity index (χ0n) is 9.98. The molecule has 0 spiro atoms. The summed E-state index contributed by atoms with van der Waals surface area (Å²) in [5.74, 6) is -0.243. The molecule has 0 bridgehead atoms. The summed E-state index contributed by atoms with van der Waals surface area (Å²) in [5.41, 5.74) is 7.01. The number of hydrogen-bond donors (Lipinski definition) is 1. The molecule has 2 N–H and O–H groups in total. The van der Waals surface area contributed by atoms with E-state index in [1.807, 2.05) is 14.0 Å². The molecule has 1 aromatic carbocycles. The molecular weight excluding hydrogens is 207 g/mol. The molecule has 1 rings (SSSR count). The van der Waals surface area contributed by atoms with Crippen molar-refractivity contribution >= 4 is 0 Å². The van der Waals surface area contributed by atoms with Gasteiger partial charge in [-0.05, 0) is 24.1 Å². The van der Waals surface area contributed by atoms with Crippen LogP contribution in [0, 0.1) is 5.82 Å². The van der Waals surface area contributed by atoms with Gasteiger partial charge < -0.3 is 10.6 Å². The molecule has 0 aromatic heterocycles. The van der Waals surface area contributed by atoms with Crippen molar-refractivity contribution in [2.24, 2.45) is 5.73 Å². The van der Waals surface area contributed by atoms with Crippen LogP contribution in [0.2, 0.25) is 0 Å². The van der Waals surface area contributed by atoms with Crippen molar-refractivity contribution in [1.82, 2.24) is 5.06 Å². The summed E-state index contributed by atoms with van der Waals surface area (Å²) in [4.78, 5) is 5.18. The fourth-order valence-electron chi connectivity index (χ4n) is 1.72. The molecule has 0 saturated carbocycles. The minimum atomic E-state index is -0.243. The molecule has 1 aromatic rings. The van der Waals surface area contributed by atoms with E-state index < -0.39 is 0 Å². The zero-order chi connectivity index (χ0) is 12.1. The van der Waals surface area contributed by atoms with Crippen molar-refractivity contribution in [2.75, 3.05) is 14.2 Å². The second-order valence-corrected chi connectivity index (χ2v) is 3.80. The maximum atomic E-state index is 12.8. The van der Waals surface area contributed by atoms with Gasteiger partial charge in [0.05, 0.1) is 13.2 Å². The van der Waals surface area contributed by atoms with Gasteiger partial charge in [0.1, 0.15) is 5.82 Å². The Kier molecular flexibility index (Phi) is 4.86. The van der Waals surface area contributed by atoms with Crippen molar-refractivity contribution in [2.45, 2.75) is 25.4 Å². The third-order valence-corrected chi connectivity index (χ3v) is 2.77. The smallest absolute Gasteiger partial charge is 0.123 e. The minimum Gasteiger partial charge on any atom is -0.326 e. The third-order valence-electron chi connectivity index (χ3n) is 2.77. The van der Waals surface area contributed by atoms with Crippen LogP contribution in [0.1, 0.15) is 24.9 Å². The molecule has 0 aliphatic heterocycles. The van der Waals surface area contributed by atoms with Crippen LogP contribution >= 0.6 is 0 Å². The molecule has 4 heteroatoms. The second-order valence-electron chi connectivity index (χ2n) is 3.80. The normalized spacial score (nSPS) is 15.1. The van der Waals surface area contributed by atoms with E-state index in [0.717, 1.165) is 12.0 Å². The van der Waals surface area contributed by atoms with E-state index in [2.05, 4.69) is 0 Å². The monoisotopic (exact) mass is 226 g/mol. The third kappa shape index (κ3) is 3.01. The van der Waals surface area contributed by atoms with Crippen molar-refractivity contribution < 1.29 is 9.23 Å². The number of nitrogens with zero attached hydrogens (tertiary/aromatic N) is 1. The van der Waals surface area contributed by atoms with E-state index in [1.165, 1.54) is 12.1 Å². The lowest BCUT2D eigenvalue weighted by molar-refractivity contribution is -0.148. The second kappa shape index (κ2) is 5.94. The number of halogens is 1. The molecule has 0 amide bonds. The molecule has 0 radical (unpaired) electrons. The van der Waals surface area contributed by atoms with Crippen molar-refractivity contribution in [1.29, 1.82) is 0 Å². The van der Waals surface area contributed by atoms with E-state index in [-0.39, 0.29) is 17.9 Å². The zero-order valence-corrected chi connectivity index (χ0v) is 9.98. The molecule has 0 fully saturated rings. The maximum absolute atomic E-state index is 12.8. The first kappa shape index (κ1) is 13.1. The Morgan fingerprint density at radius 3 is 2.38 bits per heavy atom. The van der Waals surface area contributed by atoms with Gasteiger partial charge in [0.25, 0.3) is 0 Å². The van der Waals surface area contributed by atoms with Crippen LogP contribution in [0.25, 0.3) is 0 Å². The SMILES string of the molecule is CCC(N)C(c1ccc(F)cc1)N(C)OC. The predicted molar refractivity (Wildman–Crippen MR) is 62.2 cm³/mol. The molecule has 0 saturated heterocycles. The largest absolute Gasteiger partial charge is 0.326 e. The fraction of sp³-hybridized carbons (Fsp3) is 0.500. The number of hydrogen-bond acceptors (Lipinski definition) is 3. The Labute approximate surface area is 96.0 Å². The van der Waals surface area contributed by atoms with E-state index in [9.17, 15) is 4.39 Å². The summed E-state index contributed by atoms with van der Waals surface area (Å²) >= 11 is 0. The molecule has 16 heavy (non-hydrogen) atoms. The first-order valence-electron chi connectivity index (χ1n) is 5.38. The Morgan fingerprint density at radius 1 is 1.38 bits per heavy atom. The summed E-state index contributed by atoms with van der Waals surface area (Å²) in [6.45, 7) is 2.02. The Balaban J connectivity index is 2.96. The average molecular weight is 226 g/mol. The number of likely N-dealkylation sites (N-methyl/N-ethyl adjacent to an activating group) is 1. The molecule has 2 unspecified atom stereocenters. The van der Waals surface area contributed by atoms with Crippen LogP contribution in [0.5, 0.6) is 0 Å². The topological polar surface area (TPSA) is 38.5 Å². The lowest BCUT2D eigenvalue weighted by Crippen LogP contribution is -2.38. The first-order chi connectivity index (χ1) is 7.60. The van der Waals surface area contributed by atoms with Crippen molar-refractivity contribution in [3.8, 4) is 0 Å². The minimum absolute atomic E-state index is 0.0459. The highest BCUT2D eigenvalue weighted by molar-refractivity contribution is 5.21. The number of rotatable bonds is 5. The lowest BCUT2D eigenvalue weighted by Gasteiger charge is -2.30. The fourth-order valence-corrected chi connectivity index (χ4v) is 1.72. The van der Waals surface area contributed by atoms with Crippen LogP contribution < -0.4 is 5.73 Å². The average Bonchev–Trinajstić information content (AvgIpc) is 2.31. The predicted octanol–water partition coefficient (Wildman–Crippen LogP) is 2.10. The van der Waals surface area contributed by atoms with Crippen LogP contribution in [-0.4, -0.2) is 25.3 Å². The number of hydroxylamine groups is 2. The van der Waals surface area contributed by atoms with E-state index in [4.69, 9.17) is 10.6 Å². The summed E-state index contributed by atoms with van der Waals surface area (Å²) in [7, 11) is 3.42. The molecule has 0 aliphatic rings. The number of nitrogens with two attached hydrogens (primary N) is 1. The van der Waals surface area contributed by atoms with Gasteiger partial charge >= 0.3 is 0 Å². The Hall–Kier alpha value is -0.970. The standard InChI is InChI=1S/C12H19FN2O/c1-4-11(14)12(15(2)16-3)9-5-7-10(13)8-6-9/h5-8,11-12H,4,14H2,1-3H3. The van der Waals surface area contributed by atoms with E-state index >= 15 is 0 Å². The molecule has 0 heterocycles. The van der Waals surface area contributed by atoms with Crippen LogP contribution in [-0.2, 0) is 4.84 Å². The molecule has 90 valence electrons. The molecule has 2 atom stereocenters. The van der Waals surface area contributed by atoms with Gasteiger partial charge in [0.2, 0.25) is 0 Å². The van der Waals surface area contributed by atoms with Gasteiger partial charge in [-0.2, -0.15) is 5.06 Å². The van der Waals surface area contributed by atoms with E-state index in [0.29, 0.717) is 0 Å². The maximum Gasteiger partial charge on any atom is 0.123 e. The molecule has 0 aliphatic carbocycles. The summed E-state index contributed by atoms with van der Waals surface area (Å²) in [6, 6.07) is 6.25. The lowest BCUT2D eigenvalue weighted by atomic mass is 9.98. The molecule has 3 nitrogen and oxygen atoms in total. The highest BCUT2D eigenvalue weighted by Crippen LogP contribution is 2.23. The summed E-state index contributed by atoms with van der Waals surface area (Å²) < 4.78 is 12.8. The van der Waals surface area contributed by atoms with Gasteiger partial charge in [0.15, 0.2) is 0 Å². The van der Waals surface area contributed by atoms with Crippen molar-refractivity contribution in [3.63, 3.8) is 0 Å². The van der Waals surface area contributed by atoms with Gasteiger partial charge in [0, 0.05) is 13.1 Å². The quantitative estimate of drug-likeness (QED) is 0.781. The highest BCUT2D eigenvalue weighted by atomic mass is 19.1. The summed E-state index contributed by atoms with van der Waals surface area (Å²) in [5, 5.41) is 1.70. The van der Waals surface area contributed by atoms with Gasteiger partial charge in [-0.1, -0.05) is 19.1 Å². The van der Waals surface area contributed by atoms with E-state index in [1.54, 1.807) is 24.3 Å². The van der Waals surface area contributed by atoms with Crippen LogP contribution in [0.15, 0.2) is 24.3 Å². The first-order valence-corrected chi connectivity index (χ1v) is 5.38. The van der Waals surface area contributed by atoms with Crippen molar-refractivity contribution in [3.05, 3.63) is 35.6 Å². The van der Waals surface area contributed by atoms with Gasteiger partial charge in [-0.3, -0.25) is 0 Å². The number of benzene rings is 1. The van der Waals surface area contributed by atoms with Gasteiger partial charge in [-0.25, -0.2) is 4.39 Å². The molecular formula is C12H19FN2O. The Bertz CT molecular complexity index is 305. The highest BCUT2D eigenvalue weighted by Gasteiger charge is 2.23. The van der Waals surface area contributed by atoms with Crippen LogP contribution in [0.3, 0.4) is 0 Å². The summed E-state index contributed by atoms with van der Waals surface area (Å²) in [6.07, 6.45) is 0.829. The van der Waals surface area contributed by atoms with Gasteiger partial charge in [-0.15, -0.1) is 0 Å². The van der Waals surface area contributed by atoms with Crippen LogP contribution in [0.4, 0.5) is 4.39 Å².